The molecule has 1 unspecified atom stereocenters. The van der Waals surface area contributed by atoms with E-state index in [-0.39, 0.29) is 0 Å². The summed E-state index contributed by atoms with van der Waals surface area (Å²) in [6.07, 6.45) is -1.07. The van der Waals surface area contributed by atoms with Crippen LogP contribution in [0.4, 0.5) is 0 Å². The van der Waals surface area contributed by atoms with Gasteiger partial charge in [-0.15, -0.1) is 5.73 Å². The van der Waals surface area contributed by atoms with Gasteiger partial charge in [-0.25, -0.2) is 4.79 Å². The zero-order valence-electron chi connectivity index (χ0n) is 6.55. The molecule has 1 rings (SSSR count). The third kappa shape index (κ3) is 0.985. The lowest BCUT2D eigenvalue weighted by Gasteiger charge is -2.17. The zero-order valence-corrected chi connectivity index (χ0v) is 6.55. The summed E-state index contributed by atoms with van der Waals surface area (Å²) in [4.78, 5) is 10.9. The molecular weight excluding hydrogens is 144 g/mol. The molecule has 0 aromatic carbocycles. The fraction of sp³-hybridized carbons (Fsp3) is 0.500. The average molecular weight is 154 g/mol. The van der Waals surface area contributed by atoms with Crippen molar-refractivity contribution >= 4 is 5.97 Å². The highest BCUT2D eigenvalue weighted by Gasteiger charge is 2.45. The maximum absolute atomic E-state index is 10.9. The second kappa shape index (κ2) is 2.22. The van der Waals surface area contributed by atoms with Crippen LogP contribution in [0.15, 0.2) is 17.9 Å². The quantitative estimate of drug-likeness (QED) is 0.316. The van der Waals surface area contributed by atoms with Crippen LogP contribution in [0.5, 0.6) is 0 Å². The molecule has 3 heteroatoms. The molecular formula is C8H10O3. The molecule has 1 atom stereocenters. The van der Waals surface area contributed by atoms with E-state index in [1.807, 2.05) is 0 Å². The lowest BCUT2D eigenvalue weighted by atomic mass is 9.86. The van der Waals surface area contributed by atoms with Gasteiger partial charge in [0, 0.05) is 0 Å². The molecule has 0 spiro atoms. The zero-order chi connectivity index (χ0) is 8.65. The highest BCUT2D eigenvalue weighted by molar-refractivity contribution is 5.92. The Morgan fingerprint density at radius 2 is 2.27 bits per heavy atom. The van der Waals surface area contributed by atoms with Gasteiger partial charge in [-0.1, -0.05) is 6.58 Å². The maximum atomic E-state index is 10.9. The topological polar surface area (TPSA) is 46.5 Å². The number of cyclic esters (lactones) is 1. The van der Waals surface area contributed by atoms with E-state index in [0.29, 0.717) is 5.57 Å². The molecule has 0 aromatic heterocycles. The molecule has 1 heterocycles. The van der Waals surface area contributed by atoms with Gasteiger partial charge >= 0.3 is 5.97 Å². The first-order valence-electron chi connectivity index (χ1n) is 3.29. The Morgan fingerprint density at radius 1 is 1.73 bits per heavy atom. The van der Waals surface area contributed by atoms with Gasteiger partial charge in [0.2, 0.25) is 6.29 Å². The van der Waals surface area contributed by atoms with Crippen molar-refractivity contribution in [3.63, 3.8) is 0 Å². The standard InChI is InChI=1S/C8H10O3/c1-4-5-6(9)11-7(10)8(5,2)3/h7,10H,1H2,2-3H3. The molecule has 60 valence electrons. The third-order valence-corrected chi connectivity index (χ3v) is 1.86. The first kappa shape index (κ1) is 8.05. The molecule has 1 aliphatic heterocycles. The Balaban J connectivity index is 3.14. The molecule has 0 aromatic rings. The fourth-order valence-electron chi connectivity index (χ4n) is 0.994. The van der Waals surface area contributed by atoms with Gasteiger partial charge in [0.15, 0.2) is 0 Å². The Morgan fingerprint density at radius 3 is 2.45 bits per heavy atom. The lowest BCUT2D eigenvalue weighted by Crippen LogP contribution is -2.24. The molecule has 0 aliphatic carbocycles. The minimum absolute atomic E-state index is 0.310. The number of aliphatic hydroxyl groups is 1. The van der Waals surface area contributed by atoms with Crippen molar-refractivity contribution in [2.45, 2.75) is 20.1 Å². The predicted octanol–water partition coefficient (Wildman–Crippen LogP) is 0.599. The van der Waals surface area contributed by atoms with Gasteiger partial charge in [0.25, 0.3) is 0 Å². The molecule has 0 amide bonds. The van der Waals surface area contributed by atoms with Crippen LogP contribution in [0, 0.1) is 5.41 Å². The van der Waals surface area contributed by atoms with Gasteiger partial charge in [-0.05, 0) is 13.8 Å². The van der Waals surface area contributed by atoms with Crippen molar-refractivity contribution in [2.24, 2.45) is 5.41 Å². The van der Waals surface area contributed by atoms with Crippen molar-refractivity contribution in [2.75, 3.05) is 0 Å². The molecule has 1 N–H and O–H groups in total. The summed E-state index contributed by atoms with van der Waals surface area (Å²) < 4.78 is 4.56. The predicted molar refractivity (Wildman–Crippen MR) is 38.5 cm³/mol. The van der Waals surface area contributed by atoms with Crippen molar-refractivity contribution in [1.82, 2.24) is 0 Å². The van der Waals surface area contributed by atoms with Crippen molar-refractivity contribution < 1.29 is 14.6 Å². The van der Waals surface area contributed by atoms with Gasteiger partial charge in [0.05, 0.1) is 11.0 Å². The number of hydrogen-bond donors (Lipinski definition) is 1. The van der Waals surface area contributed by atoms with Crippen LogP contribution in [0.2, 0.25) is 0 Å². The van der Waals surface area contributed by atoms with Crippen molar-refractivity contribution in [3.05, 3.63) is 17.9 Å². The van der Waals surface area contributed by atoms with E-state index in [0.717, 1.165) is 0 Å². The van der Waals surface area contributed by atoms with E-state index >= 15 is 0 Å². The van der Waals surface area contributed by atoms with Crippen LogP contribution in [0.3, 0.4) is 0 Å². The number of aliphatic hydroxyl groups excluding tert-OH is 1. The summed E-state index contributed by atoms with van der Waals surface area (Å²) >= 11 is 0. The minimum atomic E-state index is -1.07. The molecule has 0 saturated carbocycles. The van der Waals surface area contributed by atoms with Gasteiger partial charge in [-0.3, -0.25) is 0 Å². The summed E-state index contributed by atoms with van der Waals surface area (Å²) in [5.41, 5.74) is 2.09. The molecule has 3 nitrogen and oxygen atoms in total. The van der Waals surface area contributed by atoms with E-state index < -0.39 is 17.7 Å². The molecule has 1 aliphatic rings. The number of carbonyl (C=O) groups excluding carboxylic acids is 1. The van der Waals surface area contributed by atoms with Crippen LogP contribution in [0.1, 0.15) is 13.8 Å². The van der Waals surface area contributed by atoms with E-state index in [1.54, 1.807) is 13.8 Å². The van der Waals surface area contributed by atoms with Crippen LogP contribution in [-0.2, 0) is 9.53 Å². The normalized spacial score (nSPS) is 28.1. The number of esters is 1. The molecule has 1 fully saturated rings. The summed E-state index contributed by atoms with van der Waals surface area (Å²) in [5, 5.41) is 9.20. The highest BCUT2D eigenvalue weighted by atomic mass is 16.6. The van der Waals surface area contributed by atoms with Crippen LogP contribution in [0.25, 0.3) is 0 Å². The summed E-state index contributed by atoms with van der Waals surface area (Å²) in [6, 6.07) is 0. The van der Waals surface area contributed by atoms with Crippen LogP contribution in [-0.4, -0.2) is 17.4 Å². The Kier molecular flexibility index (Phi) is 1.63. The van der Waals surface area contributed by atoms with Crippen LogP contribution >= 0.6 is 0 Å². The van der Waals surface area contributed by atoms with Crippen LogP contribution < -0.4 is 0 Å². The highest BCUT2D eigenvalue weighted by Crippen LogP contribution is 2.37. The Labute approximate surface area is 65.0 Å². The van der Waals surface area contributed by atoms with E-state index in [1.165, 1.54) is 0 Å². The largest absolute Gasteiger partial charge is 0.431 e. The summed E-state index contributed by atoms with van der Waals surface area (Å²) in [6.45, 7) is 6.76. The second-order valence-corrected chi connectivity index (χ2v) is 3.03. The van der Waals surface area contributed by atoms with E-state index in [2.05, 4.69) is 17.0 Å². The van der Waals surface area contributed by atoms with Gasteiger partial charge in [0.1, 0.15) is 0 Å². The number of ether oxygens (including phenoxy) is 1. The fourth-order valence-corrected chi connectivity index (χ4v) is 0.994. The molecule has 0 radical (unpaired) electrons. The summed E-state index contributed by atoms with van der Waals surface area (Å²) in [7, 11) is 0. The molecule has 11 heavy (non-hydrogen) atoms. The van der Waals surface area contributed by atoms with E-state index in [9.17, 15) is 9.90 Å². The minimum Gasteiger partial charge on any atom is -0.431 e. The smallest absolute Gasteiger partial charge is 0.344 e. The van der Waals surface area contributed by atoms with Gasteiger partial charge in [-0.2, -0.15) is 0 Å². The average Bonchev–Trinajstić information content (AvgIpc) is 2.04. The van der Waals surface area contributed by atoms with Crippen molar-refractivity contribution in [3.8, 4) is 0 Å². The Bertz CT molecular complexity index is 246. The first-order chi connectivity index (χ1) is 5.00. The van der Waals surface area contributed by atoms with Gasteiger partial charge < -0.3 is 9.84 Å². The number of carbonyl (C=O) groups is 1. The van der Waals surface area contributed by atoms with E-state index in [4.69, 9.17) is 0 Å². The molecule has 1 saturated heterocycles. The lowest BCUT2D eigenvalue weighted by molar-refractivity contribution is -0.159. The second-order valence-electron chi connectivity index (χ2n) is 3.03. The maximum Gasteiger partial charge on any atom is 0.344 e. The number of rotatable bonds is 0. The monoisotopic (exact) mass is 154 g/mol. The van der Waals surface area contributed by atoms with Crippen molar-refractivity contribution in [1.29, 1.82) is 0 Å². The first-order valence-corrected chi connectivity index (χ1v) is 3.29. The Hall–Kier alpha value is -1.05. The number of hydrogen-bond acceptors (Lipinski definition) is 3. The third-order valence-electron chi connectivity index (χ3n) is 1.86. The SMILES string of the molecule is C=C=C1C(=O)OC(O)C1(C)C. The summed E-state index contributed by atoms with van der Waals surface area (Å²) in [5.74, 6) is -0.530. The molecule has 0 bridgehead atoms.